The van der Waals surface area contributed by atoms with Crippen molar-refractivity contribution >= 4 is 35.7 Å². The molecule has 0 radical (unpaired) electrons. The summed E-state index contributed by atoms with van der Waals surface area (Å²) < 4.78 is 11.0. The second kappa shape index (κ2) is 9.93. The predicted octanol–water partition coefficient (Wildman–Crippen LogP) is 3.75. The molecule has 1 N–H and O–H groups in total. The van der Waals surface area contributed by atoms with Gasteiger partial charge >= 0.3 is 0 Å². The van der Waals surface area contributed by atoms with Crippen LogP contribution in [0.25, 0.3) is 10.9 Å². The molecule has 128 valence electrons. The minimum absolute atomic E-state index is 0. The molecule has 0 aliphatic heterocycles. The lowest BCUT2D eigenvalue weighted by atomic mass is 10.2. The lowest BCUT2D eigenvalue weighted by Gasteiger charge is -2.11. The molecule has 6 heteroatoms. The first kappa shape index (κ1) is 20.0. The Kier molecular flexibility index (Phi) is 8.63. The van der Waals surface area contributed by atoms with Crippen LogP contribution in [0.3, 0.4) is 0 Å². The minimum Gasteiger partial charge on any atom is -0.493 e. The molecule has 1 saturated carbocycles. The van der Waals surface area contributed by atoms with Crippen molar-refractivity contribution in [2.75, 3.05) is 20.3 Å². The maximum absolute atomic E-state index is 5.94. The van der Waals surface area contributed by atoms with E-state index < -0.39 is 0 Å². The highest BCUT2D eigenvalue weighted by atomic mass is 35.5. The Morgan fingerprint density at radius 2 is 1.96 bits per heavy atom. The number of hydrogen-bond donors (Lipinski definition) is 1. The van der Waals surface area contributed by atoms with Crippen LogP contribution in [-0.2, 0) is 11.3 Å². The molecule has 1 aliphatic rings. The quantitative estimate of drug-likeness (QED) is 0.729. The number of halogens is 2. The van der Waals surface area contributed by atoms with Crippen LogP contribution in [-0.4, -0.2) is 31.3 Å². The fourth-order valence-corrected chi connectivity index (χ4v) is 2.33. The van der Waals surface area contributed by atoms with E-state index >= 15 is 0 Å². The van der Waals surface area contributed by atoms with Gasteiger partial charge in [-0.1, -0.05) is 12.1 Å². The van der Waals surface area contributed by atoms with Crippen LogP contribution in [0.4, 0.5) is 0 Å². The van der Waals surface area contributed by atoms with Gasteiger partial charge in [0.05, 0.1) is 17.8 Å². The third-order valence-corrected chi connectivity index (χ3v) is 3.63. The fraction of sp³-hybridized carbons (Fsp3) is 0.471. The molecule has 1 fully saturated rings. The Morgan fingerprint density at radius 1 is 1.17 bits per heavy atom. The van der Waals surface area contributed by atoms with Crippen molar-refractivity contribution in [2.45, 2.75) is 31.8 Å². The second-order valence-corrected chi connectivity index (χ2v) is 5.48. The molecule has 0 atom stereocenters. The predicted molar refractivity (Wildman–Crippen MR) is 98.1 cm³/mol. The molecule has 1 aromatic heterocycles. The lowest BCUT2D eigenvalue weighted by molar-refractivity contribution is 0.172. The van der Waals surface area contributed by atoms with E-state index in [-0.39, 0.29) is 24.8 Å². The van der Waals surface area contributed by atoms with Gasteiger partial charge in [-0.05, 0) is 25.0 Å². The highest BCUT2D eigenvalue weighted by molar-refractivity contribution is 5.86. The summed E-state index contributed by atoms with van der Waals surface area (Å²) in [6, 6.07) is 10.9. The smallest absolute Gasteiger partial charge is 0.130 e. The van der Waals surface area contributed by atoms with Gasteiger partial charge in [0.1, 0.15) is 5.75 Å². The molecule has 1 aliphatic carbocycles. The van der Waals surface area contributed by atoms with Crippen molar-refractivity contribution in [1.29, 1.82) is 0 Å². The molecule has 23 heavy (non-hydrogen) atoms. The lowest BCUT2D eigenvalue weighted by Crippen LogP contribution is -2.16. The molecule has 0 spiro atoms. The van der Waals surface area contributed by atoms with Gasteiger partial charge in [0.25, 0.3) is 0 Å². The van der Waals surface area contributed by atoms with Crippen LogP contribution in [0.5, 0.6) is 5.75 Å². The number of ether oxygens (including phenoxy) is 2. The number of nitrogens with one attached hydrogen (secondary N) is 1. The standard InChI is InChI=1S/C17H22N2O2.2ClH/c1-20-9-4-10-21-17-11-14(12-18-13-7-8-13)19-16-6-3-2-5-15(16)17;;/h2-3,5-6,11,13,18H,4,7-10,12H2,1H3;2*1H. The fourth-order valence-electron chi connectivity index (χ4n) is 2.33. The first-order valence-electron chi connectivity index (χ1n) is 7.60. The van der Waals surface area contributed by atoms with Gasteiger partial charge in [0, 0.05) is 44.2 Å². The first-order valence-corrected chi connectivity index (χ1v) is 7.60. The van der Waals surface area contributed by atoms with Crippen molar-refractivity contribution in [2.24, 2.45) is 0 Å². The highest BCUT2D eigenvalue weighted by Gasteiger charge is 2.20. The summed E-state index contributed by atoms with van der Waals surface area (Å²) in [7, 11) is 1.71. The topological polar surface area (TPSA) is 43.4 Å². The molecular weight excluding hydrogens is 335 g/mol. The van der Waals surface area contributed by atoms with E-state index in [4.69, 9.17) is 14.5 Å². The Morgan fingerprint density at radius 3 is 2.70 bits per heavy atom. The van der Waals surface area contributed by atoms with Gasteiger partial charge in [-0.2, -0.15) is 0 Å². The zero-order valence-electron chi connectivity index (χ0n) is 13.3. The summed E-state index contributed by atoms with van der Waals surface area (Å²) in [6.45, 7) is 2.19. The van der Waals surface area contributed by atoms with E-state index in [1.165, 1.54) is 12.8 Å². The van der Waals surface area contributed by atoms with E-state index in [1.807, 2.05) is 18.2 Å². The Bertz CT molecular complexity index is 606. The second-order valence-electron chi connectivity index (χ2n) is 5.48. The number of hydrogen-bond acceptors (Lipinski definition) is 4. The molecule has 0 saturated heterocycles. The third kappa shape index (κ3) is 5.81. The van der Waals surface area contributed by atoms with Crippen molar-refractivity contribution in [3.63, 3.8) is 0 Å². The van der Waals surface area contributed by atoms with Crippen LogP contribution < -0.4 is 10.1 Å². The van der Waals surface area contributed by atoms with Gasteiger partial charge in [-0.25, -0.2) is 0 Å². The third-order valence-electron chi connectivity index (χ3n) is 3.63. The van der Waals surface area contributed by atoms with Crippen LogP contribution in [0.15, 0.2) is 30.3 Å². The van der Waals surface area contributed by atoms with E-state index in [2.05, 4.69) is 17.4 Å². The molecule has 1 aromatic carbocycles. The average molecular weight is 359 g/mol. The largest absolute Gasteiger partial charge is 0.493 e. The number of nitrogens with zero attached hydrogens (tertiary/aromatic N) is 1. The summed E-state index contributed by atoms with van der Waals surface area (Å²) >= 11 is 0. The van der Waals surface area contributed by atoms with Crippen molar-refractivity contribution in [3.8, 4) is 5.75 Å². The van der Waals surface area contributed by atoms with Gasteiger partial charge in [0.15, 0.2) is 0 Å². The average Bonchev–Trinajstić information content (AvgIpc) is 3.34. The SMILES string of the molecule is COCCCOc1cc(CNC2CC2)nc2ccccc12.Cl.Cl. The number of para-hydroxylation sites is 1. The molecule has 3 rings (SSSR count). The number of methoxy groups -OCH3 is 1. The zero-order valence-corrected chi connectivity index (χ0v) is 14.9. The minimum atomic E-state index is 0. The molecule has 0 amide bonds. The van der Waals surface area contributed by atoms with Crippen LogP contribution >= 0.6 is 24.8 Å². The van der Waals surface area contributed by atoms with Crippen molar-refractivity contribution in [3.05, 3.63) is 36.0 Å². The summed E-state index contributed by atoms with van der Waals surface area (Å²) in [5, 5.41) is 4.58. The van der Waals surface area contributed by atoms with Crippen molar-refractivity contribution < 1.29 is 9.47 Å². The monoisotopic (exact) mass is 358 g/mol. The number of rotatable bonds is 8. The number of aromatic nitrogens is 1. The summed E-state index contributed by atoms with van der Waals surface area (Å²) in [5.74, 6) is 0.921. The van der Waals surface area contributed by atoms with Crippen LogP contribution in [0.1, 0.15) is 25.0 Å². The maximum atomic E-state index is 5.94. The first-order chi connectivity index (χ1) is 10.4. The van der Waals surface area contributed by atoms with Crippen molar-refractivity contribution in [1.82, 2.24) is 10.3 Å². The van der Waals surface area contributed by atoms with Crippen LogP contribution in [0, 0.1) is 0 Å². The summed E-state index contributed by atoms with van der Waals surface area (Å²) in [6.07, 6.45) is 3.46. The molecule has 2 aromatic rings. The molecular formula is C17H24Cl2N2O2. The normalized spacial score (nSPS) is 13.3. The van der Waals surface area contributed by atoms with Crippen LogP contribution in [0.2, 0.25) is 0 Å². The van der Waals surface area contributed by atoms with E-state index in [9.17, 15) is 0 Å². The summed E-state index contributed by atoms with van der Waals surface area (Å²) in [5.41, 5.74) is 2.04. The van der Waals surface area contributed by atoms with Gasteiger partial charge < -0.3 is 14.8 Å². The van der Waals surface area contributed by atoms with E-state index in [0.717, 1.165) is 41.9 Å². The van der Waals surface area contributed by atoms with Gasteiger partial charge in [0.2, 0.25) is 0 Å². The number of fused-ring (bicyclic) bond motifs is 1. The number of benzene rings is 1. The molecule has 0 unspecified atom stereocenters. The van der Waals surface area contributed by atoms with E-state index in [0.29, 0.717) is 12.6 Å². The Balaban J connectivity index is 0.00000132. The zero-order chi connectivity index (χ0) is 14.5. The molecule has 1 heterocycles. The Labute approximate surface area is 149 Å². The Hall–Kier alpha value is -1.07. The molecule has 0 bridgehead atoms. The van der Waals surface area contributed by atoms with Gasteiger partial charge in [-0.3, -0.25) is 4.98 Å². The molecule has 4 nitrogen and oxygen atoms in total. The maximum Gasteiger partial charge on any atom is 0.130 e. The summed E-state index contributed by atoms with van der Waals surface area (Å²) in [4.78, 5) is 4.71. The number of pyridine rings is 1. The highest BCUT2D eigenvalue weighted by Crippen LogP contribution is 2.26. The van der Waals surface area contributed by atoms with Gasteiger partial charge in [-0.15, -0.1) is 24.8 Å². The van der Waals surface area contributed by atoms with E-state index in [1.54, 1.807) is 7.11 Å².